The van der Waals surface area contributed by atoms with Crippen LogP contribution in [-0.4, -0.2) is 5.78 Å². The van der Waals surface area contributed by atoms with Gasteiger partial charge >= 0.3 is 0 Å². The minimum absolute atomic E-state index is 0.0486. The van der Waals surface area contributed by atoms with Gasteiger partial charge in [0, 0.05) is 5.57 Å². The molecule has 0 unspecified atom stereocenters. The van der Waals surface area contributed by atoms with Crippen LogP contribution in [-0.2, 0) is 4.79 Å². The molecule has 1 heteroatoms. The Morgan fingerprint density at radius 3 is 1.64 bits per heavy atom. The van der Waals surface area contributed by atoms with Gasteiger partial charge in [-0.25, -0.2) is 0 Å². The molecule has 0 fully saturated rings. The molecular weight excluding hydrogens is 268 g/mol. The lowest BCUT2D eigenvalue weighted by molar-refractivity contribution is -0.111. The second-order valence-corrected chi connectivity index (χ2v) is 3.46. The van der Waals surface area contributed by atoms with E-state index in [1.165, 1.54) is 0 Å². The van der Waals surface area contributed by atoms with Crippen LogP contribution in [0.2, 0.25) is 0 Å². The van der Waals surface area contributed by atoms with Gasteiger partial charge in [-0.15, -0.1) is 0 Å². The molecule has 0 N–H and O–H groups in total. The van der Waals surface area contributed by atoms with Gasteiger partial charge in [-0.1, -0.05) is 95.5 Å². The van der Waals surface area contributed by atoms with E-state index < -0.39 is 0 Å². The monoisotopic (exact) mass is 300 g/mol. The zero-order chi connectivity index (χ0) is 17.8. The predicted molar refractivity (Wildman–Crippen MR) is 103 cm³/mol. The molecule has 0 aromatic heterocycles. The quantitative estimate of drug-likeness (QED) is 0.385. The predicted octanol–water partition coefficient (Wildman–Crippen LogP) is 6.54. The molecule has 0 saturated carbocycles. The lowest BCUT2D eigenvalue weighted by atomic mass is 10.1. The topological polar surface area (TPSA) is 17.1 Å². The molecular formula is C21H32O. The highest BCUT2D eigenvalue weighted by atomic mass is 16.1. The van der Waals surface area contributed by atoms with Crippen molar-refractivity contribution in [3.63, 3.8) is 0 Å². The summed E-state index contributed by atoms with van der Waals surface area (Å²) in [6, 6.07) is 0. The van der Waals surface area contributed by atoms with Crippen LogP contribution in [0.3, 0.4) is 0 Å². The van der Waals surface area contributed by atoms with E-state index in [0.717, 1.165) is 5.57 Å². The third-order valence-electron chi connectivity index (χ3n) is 2.02. The number of carbonyl (C=O) groups excluding carboxylic acids is 1. The molecule has 122 valence electrons. The molecule has 0 aromatic carbocycles. The first-order chi connectivity index (χ1) is 10.7. The second kappa shape index (κ2) is 21.2. The van der Waals surface area contributed by atoms with Crippen molar-refractivity contribution in [3.05, 3.63) is 85.1 Å². The Kier molecular flexibility index (Phi) is 23.9. The summed E-state index contributed by atoms with van der Waals surface area (Å²) in [5.74, 6) is -0.0486. The van der Waals surface area contributed by atoms with Crippen molar-refractivity contribution >= 4 is 5.78 Å². The summed E-state index contributed by atoms with van der Waals surface area (Å²) >= 11 is 0. The van der Waals surface area contributed by atoms with Crippen molar-refractivity contribution in [3.8, 4) is 0 Å². The fourth-order valence-electron chi connectivity index (χ4n) is 1.29. The van der Waals surface area contributed by atoms with Crippen molar-refractivity contribution < 1.29 is 4.79 Å². The van der Waals surface area contributed by atoms with E-state index in [9.17, 15) is 4.79 Å². The Morgan fingerprint density at radius 2 is 1.23 bits per heavy atom. The molecule has 0 spiro atoms. The van der Waals surface area contributed by atoms with E-state index in [-0.39, 0.29) is 5.78 Å². The fraction of sp³-hybridized carbons (Fsp3) is 0.286. The van der Waals surface area contributed by atoms with Gasteiger partial charge in [-0.2, -0.15) is 0 Å². The number of hydrogen-bond donors (Lipinski definition) is 0. The number of rotatable bonds is 7. The lowest BCUT2D eigenvalue weighted by Crippen LogP contribution is -1.95. The highest BCUT2D eigenvalue weighted by molar-refractivity contribution is 6.06. The summed E-state index contributed by atoms with van der Waals surface area (Å²) in [7, 11) is 0. The number of carbonyl (C=O) groups is 1. The van der Waals surface area contributed by atoms with E-state index in [0.29, 0.717) is 5.57 Å². The van der Waals surface area contributed by atoms with E-state index in [2.05, 4.69) is 13.2 Å². The minimum atomic E-state index is -0.0486. The van der Waals surface area contributed by atoms with Crippen LogP contribution in [0, 0.1) is 0 Å². The molecule has 22 heavy (non-hydrogen) atoms. The maximum Gasteiger partial charge on any atom is 0.185 e. The largest absolute Gasteiger partial charge is 0.289 e. The molecule has 0 amide bonds. The Bertz CT molecular complexity index is 441. The Balaban J connectivity index is -0.000000826. The van der Waals surface area contributed by atoms with Crippen molar-refractivity contribution in [2.45, 2.75) is 41.5 Å². The lowest BCUT2D eigenvalue weighted by Gasteiger charge is -1.95. The average Bonchev–Trinajstić information content (AvgIpc) is 2.56. The van der Waals surface area contributed by atoms with Crippen LogP contribution in [0.1, 0.15) is 41.5 Å². The standard InChI is InChI=1S/C17H20O.2C2H6/c1-5-9-15(10-6-2)13-14-17(18)16(11-7-3)12-8-4;2*1-2/h5-14H,1,3H2,2,4H3;2*1-2H3/b10-6-,12-8-,14-13+,15-9+,16-11+;;. The Hall–Kier alpha value is -2.15. The molecule has 0 aliphatic rings. The molecule has 1 nitrogen and oxygen atoms in total. The summed E-state index contributed by atoms with van der Waals surface area (Å²) in [5, 5.41) is 0. The highest BCUT2D eigenvalue weighted by Crippen LogP contribution is 2.05. The van der Waals surface area contributed by atoms with Gasteiger partial charge in [0.2, 0.25) is 0 Å². The summed E-state index contributed by atoms with van der Waals surface area (Å²) < 4.78 is 0. The van der Waals surface area contributed by atoms with Crippen LogP contribution in [0.4, 0.5) is 0 Å². The summed E-state index contributed by atoms with van der Waals surface area (Å²) in [5.41, 5.74) is 1.54. The van der Waals surface area contributed by atoms with Gasteiger partial charge in [-0.05, 0) is 25.5 Å². The smallest absolute Gasteiger partial charge is 0.185 e. The average molecular weight is 300 g/mol. The Labute approximate surface area is 137 Å². The number of allylic oxidation sites excluding steroid dienone is 12. The van der Waals surface area contributed by atoms with Crippen molar-refractivity contribution in [2.75, 3.05) is 0 Å². The molecule has 0 saturated heterocycles. The SMILES string of the molecule is C=C/C=C(\C=C/C)/C=C/C(=O)C(/C=C\C)=C/C=C.CC.CC. The summed E-state index contributed by atoms with van der Waals surface area (Å²) in [6.07, 6.45) is 17.6. The van der Waals surface area contributed by atoms with Crippen LogP contribution in [0.5, 0.6) is 0 Å². The van der Waals surface area contributed by atoms with Gasteiger partial charge in [0.1, 0.15) is 0 Å². The van der Waals surface area contributed by atoms with E-state index in [1.807, 2.05) is 65.8 Å². The van der Waals surface area contributed by atoms with Gasteiger partial charge < -0.3 is 0 Å². The number of hydrogen-bond acceptors (Lipinski definition) is 1. The van der Waals surface area contributed by atoms with Crippen molar-refractivity contribution in [1.29, 1.82) is 0 Å². The first-order valence-electron chi connectivity index (χ1n) is 7.82. The van der Waals surface area contributed by atoms with E-state index >= 15 is 0 Å². The summed E-state index contributed by atoms with van der Waals surface area (Å²) in [6.45, 7) is 19.0. The van der Waals surface area contributed by atoms with Gasteiger partial charge in [0.05, 0.1) is 0 Å². The highest BCUT2D eigenvalue weighted by Gasteiger charge is 2.00. The molecule has 0 bridgehead atoms. The van der Waals surface area contributed by atoms with Crippen molar-refractivity contribution in [2.24, 2.45) is 0 Å². The third-order valence-corrected chi connectivity index (χ3v) is 2.02. The third kappa shape index (κ3) is 14.3. The number of ketones is 1. The van der Waals surface area contributed by atoms with Crippen molar-refractivity contribution in [1.82, 2.24) is 0 Å². The second-order valence-electron chi connectivity index (χ2n) is 3.46. The maximum absolute atomic E-state index is 11.9. The van der Waals surface area contributed by atoms with Crippen LogP contribution in [0.25, 0.3) is 0 Å². The molecule has 0 aromatic rings. The van der Waals surface area contributed by atoms with Gasteiger partial charge in [-0.3, -0.25) is 4.79 Å². The normalized spacial score (nSPS) is 11.7. The fourth-order valence-corrected chi connectivity index (χ4v) is 1.29. The zero-order valence-corrected chi connectivity index (χ0v) is 15.1. The first kappa shape index (κ1) is 24.8. The maximum atomic E-state index is 11.9. The minimum Gasteiger partial charge on any atom is -0.289 e. The first-order valence-corrected chi connectivity index (χ1v) is 7.82. The van der Waals surface area contributed by atoms with E-state index in [1.54, 1.807) is 36.5 Å². The molecule has 0 aliphatic carbocycles. The summed E-state index contributed by atoms with van der Waals surface area (Å²) in [4.78, 5) is 11.9. The van der Waals surface area contributed by atoms with Crippen LogP contribution in [0.15, 0.2) is 85.1 Å². The van der Waals surface area contributed by atoms with Gasteiger partial charge in [0.25, 0.3) is 0 Å². The molecule has 0 atom stereocenters. The van der Waals surface area contributed by atoms with Crippen LogP contribution >= 0.6 is 0 Å². The zero-order valence-electron chi connectivity index (χ0n) is 15.1. The molecule has 0 aliphatic heterocycles. The molecule has 0 radical (unpaired) electrons. The Morgan fingerprint density at radius 1 is 0.727 bits per heavy atom. The van der Waals surface area contributed by atoms with Crippen LogP contribution < -0.4 is 0 Å². The van der Waals surface area contributed by atoms with Gasteiger partial charge in [0.15, 0.2) is 5.78 Å². The molecule has 0 heterocycles. The molecule has 0 rings (SSSR count). The van der Waals surface area contributed by atoms with E-state index in [4.69, 9.17) is 0 Å².